The molecule has 18 heavy (non-hydrogen) atoms. The van der Waals surface area contributed by atoms with E-state index in [4.69, 9.17) is 10.3 Å². The Bertz CT molecular complexity index is 522. The summed E-state index contributed by atoms with van der Waals surface area (Å²) < 4.78 is 19.0. The van der Waals surface area contributed by atoms with Gasteiger partial charge in [-0.25, -0.2) is 4.39 Å². The maximum absolute atomic E-state index is 13.8. The summed E-state index contributed by atoms with van der Waals surface area (Å²) in [4.78, 5) is 0. The zero-order valence-electron chi connectivity index (χ0n) is 10.4. The molecule has 0 unspecified atom stereocenters. The Morgan fingerprint density at radius 1 is 1.28 bits per heavy atom. The first kappa shape index (κ1) is 12.6. The lowest BCUT2D eigenvalue weighted by atomic mass is 10.0. The third-order valence-electron chi connectivity index (χ3n) is 2.94. The van der Waals surface area contributed by atoms with Crippen LogP contribution >= 0.6 is 0 Å². The van der Waals surface area contributed by atoms with Gasteiger partial charge in [-0.1, -0.05) is 43.1 Å². The zero-order valence-corrected chi connectivity index (χ0v) is 10.4. The van der Waals surface area contributed by atoms with Crippen molar-refractivity contribution in [2.75, 3.05) is 5.73 Å². The Labute approximate surface area is 106 Å². The Morgan fingerprint density at radius 3 is 2.78 bits per heavy atom. The molecule has 0 saturated carbocycles. The van der Waals surface area contributed by atoms with E-state index in [9.17, 15) is 4.39 Å². The van der Waals surface area contributed by atoms with Gasteiger partial charge in [0.1, 0.15) is 11.6 Å². The van der Waals surface area contributed by atoms with E-state index in [1.165, 1.54) is 6.07 Å². The van der Waals surface area contributed by atoms with E-state index >= 15 is 0 Å². The minimum Gasteiger partial charge on any atom is -0.380 e. The number of halogens is 1. The normalized spacial score (nSPS) is 10.8. The first-order chi connectivity index (χ1) is 8.74. The van der Waals surface area contributed by atoms with Gasteiger partial charge in [-0.05, 0) is 12.5 Å². The fourth-order valence-corrected chi connectivity index (χ4v) is 2.00. The molecule has 1 aromatic heterocycles. The fourth-order valence-electron chi connectivity index (χ4n) is 2.00. The number of hydrogen-bond acceptors (Lipinski definition) is 3. The van der Waals surface area contributed by atoms with Crippen molar-refractivity contribution in [3.05, 3.63) is 35.8 Å². The first-order valence-corrected chi connectivity index (χ1v) is 6.23. The molecular formula is C14H17FN2O. The third kappa shape index (κ3) is 2.53. The molecule has 0 saturated heterocycles. The summed E-state index contributed by atoms with van der Waals surface area (Å²) in [6, 6.07) is 6.54. The average molecular weight is 248 g/mol. The summed E-state index contributed by atoms with van der Waals surface area (Å²) in [5.74, 6) is 0.627. The van der Waals surface area contributed by atoms with Gasteiger partial charge in [-0.2, -0.15) is 0 Å². The maximum atomic E-state index is 13.8. The molecule has 0 atom stereocenters. The molecule has 96 valence electrons. The largest absolute Gasteiger partial charge is 0.380 e. The van der Waals surface area contributed by atoms with Gasteiger partial charge < -0.3 is 10.3 Å². The Balaban J connectivity index is 2.32. The van der Waals surface area contributed by atoms with Crippen LogP contribution in [-0.4, -0.2) is 5.16 Å². The Hall–Kier alpha value is -1.84. The van der Waals surface area contributed by atoms with E-state index < -0.39 is 0 Å². The lowest BCUT2D eigenvalue weighted by Gasteiger charge is -2.03. The molecular weight excluding hydrogens is 231 g/mol. The van der Waals surface area contributed by atoms with E-state index in [2.05, 4.69) is 12.1 Å². The molecule has 0 amide bonds. The van der Waals surface area contributed by atoms with Crippen LogP contribution in [0.2, 0.25) is 0 Å². The lowest BCUT2D eigenvalue weighted by molar-refractivity contribution is 0.382. The van der Waals surface area contributed by atoms with Crippen molar-refractivity contribution in [2.45, 2.75) is 32.6 Å². The van der Waals surface area contributed by atoms with Crippen LogP contribution in [0.4, 0.5) is 10.2 Å². The molecule has 0 aliphatic heterocycles. The zero-order chi connectivity index (χ0) is 13.0. The minimum atomic E-state index is -0.302. The number of benzene rings is 1. The van der Waals surface area contributed by atoms with Crippen LogP contribution < -0.4 is 5.73 Å². The van der Waals surface area contributed by atoms with Crippen molar-refractivity contribution in [3.63, 3.8) is 0 Å². The predicted octanol–water partition coefficient (Wildman–Crippen LogP) is 3.80. The van der Waals surface area contributed by atoms with Crippen LogP contribution in [-0.2, 0) is 6.42 Å². The van der Waals surface area contributed by atoms with Gasteiger partial charge in [0.2, 0.25) is 0 Å². The number of aromatic nitrogens is 1. The summed E-state index contributed by atoms with van der Waals surface area (Å²) in [5, 5.41) is 3.75. The van der Waals surface area contributed by atoms with E-state index in [1.807, 2.05) is 0 Å². The number of hydrogen-bond donors (Lipinski definition) is 1. The third-order valence-corrected chi connectivity index (χ3v) is 2.94. The van der Waals surface area contributed by atoms with E-state index in [1.54, 1.807) is 18.2 Å². The number of nitrogens with two attached hydrogens (primary N) is 1. The number of nitrogens with zero attached hydrogens (tertiary/aromatic N) is 1. The highest BCUT2D eigenvalue weighted by Gasteiger charge is 2.18. The second-order valence-electron chi connectivity index (χ2n) is 4.30. The van der Waals surface area contributed by atoms with Gasteiger partial charge in [0.05, 0.1) is 5.56 Å². The number of anilines is 1. The van der Waals surface area contributed by atoms with Crippen molar-refractivity contribution in [2.24, 2.45) is 0 Å². The van der Waals surface area contributed by atoms with Crippen LogP contribution in [0.25, 0.3) is 11.1 Å². The van der Waals surface area contributed by atoms with Crippen molar-refractivity contribution in [3.8, 4) is 11.1 Å². The smallest absolute Gasteiger partial charge is 0.175 e. The van der Waals surface area contributed by atoms with Gasteiger partial charge in [0.15, 0.2) is 5.82 Å². The second kappa shape index (κ2) is 5.67. The number of rotatable bonds is 5. The monoisotopic (exact) mass is 248 g/mol. The molecule has 2 rings (SSSR count). The summed E-state index contributed by atoms with van der Waals surface area (Å²) in [6.45, 7) is 2.13. The molecule has 4 heteroatoms. The van der Waals surface area contributed by atoms with E-state index in [0.29, 0.717) is 16.9 Å². The van der Waals surface area contributed by atoms with Crippen molar-refractivity contribution in [1.82, 2.24) is 5.16 Å². The Kier molecular flexibility index (Phi) is 3.97. The summed E-state index contributed by atoms with van der Waals surface area (Å²) in [5.41, 5.74) is 6.84. The molecule has 2 aromatic rings. The minimum absolute atomic E-state index is 0.256. The summed E-state index contributed by atoms with van der Waals surface area (Å²) in [7, 11) is 0. The number of nitrogen functional groups attached to an aromatic ring is 1. The first-order valence-electron chi connectivity index (χ1n) is 6.23. The fraction of sp³-hybridized carbons (Fsp3) is 0.357. The summed E-state index contributed by atoms with van der Waals surface area (Å²) in [6.07, 6.45) is 3.96. The highest BCUT2D eigenvalue weighted by Crippen LogP contribution is 2.32. The molecule has 0 bridgehead atoms. The lowest BCUT2D eigenvalue weighted by Crippen LogP contribution is -1.93. The van der Waals surface area contributed by atoms with E-state index in [-0.39, 0.29) is 11.6 Å². The molecule has 1 heterocycles. The highest BCUT2D eigenvalue weighted by molar-refractivity contribution is 5.75. The molecule has 3 nitrogen and oxygen atoms in total. The molecule has 1 aromatic carbocycles. The van der Waals surface area contributed by atoms with Crippen molar-refractivity contribution in [1.29, 1.82) is 0 Å². The average Bonchev–Trinajstić information content (AvgIpc) is 2.72. The maximum Gasteiger partial charge on any atom is 0.175 e. The van der Waals surface area contributed by atoms with Crippen LogP contribution in [0.5, 0.6) is 0 Å². The van der Waals surface area contributed by atoms with Crippen LogP contribution in [0.15, 0.2) is 28.8 Å². The van der Waals surface area contributed by atoms with E-state index in [0.717, 1.165) is 25.7 Å². The van der Waals surface area contributed by atoms with Crippen LogP contribution in [0.1, 0.15) is 31.9 Å². The van der Waals surface area contributed by atoms with Gasteiger partial charge in [0, 0.05) is 12.0 Å². The van der Waals surface area contributed by atoms with Crippen LogP contribution in [0, 0.1) is 5.82 Å². The van der Waals surface area contributed by atoms with Crippen LogP contribution in [0.3, 0.4) is 0 Å². The summed E-state index contributed by atoms with van der Waals surface area (Å²) >= 11 is 0. The van der Waals surface area contributed by atoms with Crippen molar-refractivity contribution < 1.29 is 8.91 Å². The number of unbranched alkanes of at least 4 members (excludes halogenated alkanes) is 2. The molecule has 0 aliphatic rings. The Morgan fingerprint density at radius 2 is 2.06 bits per heavy atom. The highest BCUT2D eigenvalue weighted by atomic mass is 19.1. The molecule has 0 spiro atoms. The molecule has 2 N–H and O–H groups in total. The van der Waals surface area contributed by atoms with Gasteiger partial charge in [0.25, 0.3) is 0 Å². The quantitative estimate of drug-likeness (QED) is 0.819. The second-order valence-corrected chi connectivity index (χ2v) is 4.30. The van der Waals surface area contributed by atoms with Crippen molar-refractivity contribution >= 4 is 5.82 Å². The van der Waals surface area contributed by atoms with Gasteiger partial charge >= 0.3 is 0 Å². The predicted molar refractivity (Wildman–Crippen MR) is 69.5 cm³/mol. The number of aryl methyl sites for hydroxylation is 1. The van der Waals surface area contributed by atoms with Gasteiger partial charge in [-0.3, -0.25) is 0 Å². The van der Waals surface area contributed by atoms with Gasteiger partial charge in [-0.15, -0.1) is 0 Å². The standard InChI is InChI=1S/C14H17FN2O/c1-2-3-4-9-12-13(14(16)17-18-12)10-7-5-6-8-11(10)15/h5-8H,2-4,9H2,1H3,(H2,16,17). The molecule has 0 radical (unpaired) electrons. The SMILES string of the molecule is CCCCCc1onc(N)c1-c1ccccc1F. The molecule has 0 fully saturated rings. The topological polar surface area (TPSA) is 52.0 Å². The molecule has 0 aliphatic carbocycles.